The topological polar surface area (TPSA) is 12.0 Å². The van der Waals surface area contributed by atoms with Gasteiger partial charge in [0.2, 0.25) is 0 Å². The molecule has 2 bridgehead atoms. The number of allylic oxidation sites excluding steroid dienone is 1. The fourth-order valence-electron chi connectivity index (χ4n) is 2.11. The molecule has 1 N–H and O–H groups in total. The smallest absolute Gasteiger partial charge is 0.0133 e. The summed E-state index contributed by atoms with van der Waals surface area (Å²) in [6.45, 7) is 0. The molecule has 3 atom stereocenters. The summed E-state index contributed by atoms with van der Waals surface area (Å²) in [5, 5.41) is 3.34. The van der Waals surface area contributed by atoms with E-state index in [9.17, 15) is 0 Å². The molecular weight excluding hydrogens is 110 g/mol. The van der Waals surface area contributed by atoms with Crippen molar-refractivity contribution in [2.75, 3.05) is 7.05 Å². The van der Waals surface area contributed by atoms with Crippen molar-refractivity contribution in [3.63, 3.8) is 0 Å². The van der Waals surface area contributed by atoms with Crippen molar-refractivity contribution in [1.82, 2.24) is 5.32 Å². The minimum absolute atomic E-state index is 0.792. The summed E-state index contributed by atoms with van der Waals surface area (Å²) in [7, 11) is 2.07. The van der Waals surface area contributed by atoms with Crippen molar-refractivity contribution in [3.8, 4) is 0 Å². The third-order valence-electron chi connectivity index (χ3n) is 2.65. The molecule has 2 aliphatic carbocycles. The Bertz CT molecular complexity index is 140. The van der Waals surface area contributed by atoms with Crippen LogP contribution in [0, 0.1) is 11.8 Å². The van der Waals surface area contributed by atoms with Crippen molar-refractivity contribution < 1.29 is 0 Å². The van der Waals surface area contributed by atoms with E-state index in [1.807, 2.05) is 0 Å². The fraction of sp³-hybridized carbons (Fsp3) is 0.750. The number of fused-ring (bicyclic) bond motifs is 2. The number of hydrogen-bond acceptors (Lipinski definition) is 1. The predicted octanol–water partition coefficient (Wildman–Crippen LogP) is 1.17. The molecule has 2 aliphatic rings. The Kier molecular flexibility index (Phi) is 1.12. The summed E-state index contributed by atoms with van der Waals surface area (Å²) < 4.78 is 0. The van der Waals surface area contributed by atoms with Crippen LogP contribution in [0.1, 0.15) is 12.8 Å². The molecule has 0 radical (unpaired) electrons. The lowest BCUT2D eigenvalue weighted by Crippen LogP contribution is -2.28. The molecule has 50 valence electrons. The van der Waals surface area contributed by atoms with Gasteiger partial charge in [0.25, 0.3) is 0 Å². The molecule has 0 aromatic rings. The third-order valence-corrected chi connectivity index (χ3v) is 2.65. The van der Waals surface area contributed by atoms with E-state index in [0.717, 1.165) is 17.9 Å². The standard InChI is InChI=1S/C8H13N/c1-9-8-5-6-2-3-7(8)4-6/h2-3,6-9H,4-5H2,1H3/t6-,7+,8?/m1/s1. The molecule has 0 aromatic carbocycles. The molecule has 1 nitrogen and oxygen atoms in total. The highest BCUT2D eigenvalue weighted by Crippen LogP contribution is 2.38. The molecule has 1 fully saturated rings. The van der Waals surface area contributed by atoms with Gasteiger partial charge in [-0.1, -0.05) is 12.2 Å². The van der Waals surface area contributed by atoms with Crippen LogP contribution in [0.25, 0.3) is 0 Å². The van der Waals surface area contributed by atoms with E-state index in [4.69, 9.17) is 0 Å². The number of nitrogens with one attached hydrogen (secondary N) is 1. The second-order valence-electron chi connectivity index (χ2n) is 3.18. The van der Waals surface area contributed by atoms with Crippen LogP contribution in [0.3, 0.4) is 0 Å². The minimum atomic E-state index is 0.792. The maximum atomic E-state index is 3.34. The highest BCUT2D eigenvalue weighted by atomic mass is 14.9. The zero-order valence-corrected chi connectivity index (χ0v) is 5.80. The van der Waals surface area contributed by atoms with Crippen molar-refractivity contribution in [3.05, 3.63) is 12.2 Å². The van der Waals surface area contributed by atoms with Gasteiger partial charge in [-0.15, -0.1) is 0 Å². The van der Waals surface area contributed by atoms with Crippen molar-refractivity contribution >= 4 is 0 Å². The summed E-state index contributed by atoms with van der Waals surface area (Å²) in [6.07, 6.45) is 7.52. The number of rotatable bonds is 1. The summed E-state index contributed by atoms with van der Waals surface area (Å²) in [4.78, 5) is 0. The highest BCUT2D eigenvalue weighted by Gasteiger charge is 2.34. The second-order valence-corrected chi connectivity index (χ2v) is 3.18. The molecule has 0 amide bonds. The van der Waals surface area contributed by atoms with Gasteiger partial charge in [0, 0.05) is 6.04 Å². The van der Waals surface area contributed by atoms with Gasteiger partial charge < -0.3 is 5.32 Å². The Morgan fingerprint density at radius 2 is 2.22 bits per heavy atom. The molecule has 1 saturated carbocycles. The molecular formula is C8H13N. The Morgan fingerprint density at radius 1 is 1.33 bits per heavy atom. The van der Waals surface area contributed by atoms with Crippen molar-refractivity contribution in [2.45, 2.75) is 18.9 Å². The molecule has 2 rings (SSSR count). The van der Waals surface area contributed by atoms with Crippen LogP contribution in [0.2, 0.25) is 0 Å². The van der Waals surface area contributed by atoms with E-state index >= 15 is 0 Å². The van der Waals surface area contributed by atoms with Gasteiger partial charge in [-0.25, -0.2) is 0 Å². The van der Waals surface area contributed by atoms with E-state index in [0.29, 0.717) is 0 Å². The third kappa shape index (κ3) is 0.715. The van der Waals surface area contributed by atoms with E-state index < -0.39 is 0 Å². The lowest BCUT2D eigenvalue weighted by molar-refractivity contribution is 0.489. The molecule has 9 heavy (non-hydrogen) atoms. The Labute approximate surface area is 56.1 Å². The fourth-order valence-corrected chi connectivity index (χ4v) is 2.11. The Balaban J connectivity index is 2.10. The first-order valence-corrected chi connectivity index (χ1v) is 3.76. The van der Waals surface area contributed by atoms with Crippen molar-refractivity contribution in [2.24, 2.45) is 11.8 Å². The first kappa shape index (κ1) is 5.48. The predicted molar refractivity (Wildman–Crippen MR) is 38.2 cm³/mol. The molecule has 0 aromatic heterocycles. The van der Waals surface area contributed by atoms with Gasteiger partial charge in [-0.2, -0.15) is 0 Å². The maximum Gasteiger partial charge on any atom is 0.0133 e. The van der Waals surface area contributed by atoms with Gasteiger partial charge in [0.1, 0.15) is 0 Å². The van der Waals surface area contributed by atoms with E-state index in [2.05, 4.69) is 24.5 Å². The molecule has 0 aliphatic heterocycles. The zero-order chi connectivity index (χ0) is 6.27. The molecule has 0 heterocycles. The molecule has 0 spiro atoms. The Hall–Kier alpha value is -0.300. The quantitative estimate of drug-likeness (QED) is 0.516. The maximum absolute atomic E-state index is 3.34. The monoisotopic (exact) mass is 123 g/mol. The van der Waals surface area contributed by atoms with Crippen LogP contribution >= 0.6 is 0 Å². The van der Waals surface area contributed by atoms with Crippen LogP contribution in [0.4, 0.5) is 0 Å². The van der Waals surface area contributed by atoms with Gasteiger partial charge in [0.05, 0.1) is 0 Å². The summed E-state index contributed by atoms with van der Waals surface area (Å²) in [5.74, 6) is 1.77. The SMILES string of the molecule is CNC1C[C@@H]2C=C[C@H]1C2. The van der Waals surface area contributed by atoms with Gasteiger partial charge in [-0.05, 0) is 31.7 Å². The number of hydrogen-bond donors (Lipinski definition) is 1. The lowest BCUT2D eigenvalue weighted by atomic mass is 10.0. The highest BCUT2D eigenvalue weighted by molar-refractivity contribution is 5.12. The summed E-state index contributed by atoms with van der Waals surface area (Å²) >= 11 is 0. The van der Waals surface area contributed by atoms with Crippen LogP contribution in [-0.4, -0.2) is 13.1 Å². The average Bonchev–Trinajstić information content (AvgIpc) is 2.45. The molecule has 1 heteroatoms. The minimum Gasteiger partial charge on any atom is -0.316 e. The summed E-state index contributed by atoms with van der Waals surface area (Å²) in [6, 6.07) is 0.792. The second kappa shape index (κ2) is 1.84. The van der Waals surface area contributed by atoms with Gasteiger partial charge in [0.15, 0.2) is 0 Å². The van der Waals surface area contributed by atoms with Crippen LogP contribution in [0.15, 0.2) is 12.2 Å². The zero-order valence-electron chi connectivity index (χ0n) is 5.80. The van der Waals surface area contributed by atoms with Crippen molar-refractivity contribution in [1.29, 1.82) is 0 Å². The van der Waals surface area contributed by atoms with Crippen LogP contribution in [-0.2, 0) is 0 Å². The summed E-state index contributed by atoms with van der Waals surface area (Å²) in [5.41, 5.74) is 0. The average molecular weight is 123 g/mol. The van der Waals surface area contributed by atoms with Crippen LogP contribution in [0.5, 0.6) is 0 Å². The van der Waals surface area contributed by atoms with Crippen LogP contribution < -0.4 is 5.32 Å². The lowest BCUT2D eigenvalue weighted by Gasteiger charge is -2.15. The Morgan fingerprint density at radius 3 is 2.56 bits per heavy atom. The molecule has 1 unspecified atom stereocenters. The first-order chi connectivity index (χ1) is 4.40. The molecule has 0 saturated heterocycles. The van der Waals surface area contributed by atoms with E-state index in [-0.39, 0.29) is 0 Å². The van der Waals surface area contributed by atoms with Gasteiger partial charge >= 0.3 is 0 Å². The van der Waals surface area contributed by atoms with E-state index in [1.165, 1.54) is 12.8 Å². The van der Waals surface area contributed by atoms with E-state index in [1.54, 1.807) is 0 Å². The largest absolute Gasteiger partial charge is 0.316 e. The normalized spacial score (nSPS) is 46.6. The first-order valence-electron chi connectivity index (χ1n) is 3.76. The van der Waals surface area contributed by atoms with Gasteiger partial charge in [-0.3, -0.25) is 0 Å².